The fourth-order valence-electron chi connectivity index (χ4n) is 2.10. The van der Waals surface area contributed by atoms with E-state index in [-0.39, 0.29) is 24.2 Å². The maximum atomic E-state index is 12.0. The molecule has 1 saturated heterocycles. The van der Waals surface area contributed by atoms with Gasteiger partial charge in [-0.1, -0.05) is 6.42 Å². The number of hydrogen-bond donors (Lipinski definition) is 0. The number of methoxy groups -OCH3 is 1. The summed E-state index contributed by atoms with van der Waals surface area (Å²) in [6, 6.07) is 0.0897. The predicted octanol–water partition coefficient (Wildman–Crippen LogP) is 1.14. The Morgan fingerprint density at radius 1 is 1.41 bits per heavy atom. The molecular formula is C11H21NO4S. The number of esters is 1. The van der Waals surface area contributed by atoms with Crippen LogP contribution in [-0.2, 0) is 19.6 Å². The molecule has 0 amide bonds. The molecule has 1 aliphatic rings. The number of piperidine rings is 1. The van der Waals surface area contributed by atoms with Crippen LogP contribution in [0, 0.1) is 0 Å². The second-order valence-electron chi connectivity index (χ2n) is 4.45. The summed E-state index contributed by atoms with van der Waals surface area (Å²) < 4.78 is 30.1. The van der Waals surface area contributed by atoms with Crippen LogP contribution in [0.5, 0.6) is 0 Å². The Hall–Kier alpha value is -0.620. The number of ether oxygens (including phenoxy) is 1. The minimum Gasteiger partial charge on any atom is -0.469 e. The van der Waals surface area contributed by atoms with Gasteiger partial charge < -0.3 is 4.74 Å². The summed E-state index contributed by atoms with van der Waals surface area (Å²) in [6.45, 7) is 2.55. The Bertz CT molecular complexity index is 352. The Morgan fingerprint density at radius 3 is 2.71 bits per heavy atom. The molecule has 0 saturated carbocycles. The standard InChI is InChI=1S/C11H21NO4S/c1-10-6-3-4-8-12(10)17(14,15)9-5-7-11(13)16-2/h10H,3-9H2,1-2H3. The molecule has 17 heavy (non-hydrogen) atoms. The minimum atomic E-state index is -3.21. The van der Waals surface area contributed by atoms with Crippen molar-refractivity contribution in [2.45, 2.75) is 45.1 Å². The number of carbonyl (C=O) groups is 1. The molecular weight excluding hydrogens is 242 g/mol. The fourth-order valence-corrected chi connectivity index (χ4v) is 3.91. The lowest BCUT2D eigenvalue weighted by Gasteiger charge is -2.32. The van der Waals surface area contributed by atoms with Crippen LogP contribution in [-0.4, -0.2) is 44.1 Å². The van der Waals surface area contributed by atoms with Gasteiger partial charge in [0.25, 0.3) is 0 Å². The lowest BCUT2D eigenvalue weighted by Crippen LogP contribution is -2.43. The average Bonchev–Trinajstić information content (AvgIpc) is 2.28. The van der Waals surface area contributed by atoms with Crippen molar-refractivity contribution in [2.75, 3.05) is 19.4 Å². The third-order valence-corrected chi connectivity index (χ3v) is 5.17. The van der Waals surface area contributed by atoms with E-state index in [1.54, 1.807) is 4.31 Å². The maximum Gasteiger partial charge on any atom is 0.305 e. The first kappa shape index (κ1) is 14.4. The molecule has 100 valence electrons. The van der Waals surface area contributed by atoms with Crippen LogP contribution in [0.15, 0.2) is 0 Å². The van der Waals surface area contributed by atoms with Gasteiger partial charge in [-0.25, -0.2) is 8.42 Å². The van der Waals surface area contributed by atoms with Crippen molar-refractivity contribution in [3.63, 3.8) is 0 Å². The van der Waals surface area contributed by atoms with E-state index in [9.17, 15) is 13.2 Å². The zero-order valence-electron chi connectivity index (χ0n) is 10.5. The summed E-state index contributed by atoms with van der Waals surface area (Å²) in [4.78, 5) is 10.9. The summed E-state index contributed by atoms with van der Waals surface area (Å²) in [5.41, 5.74) is 0. The first-order valence-electron chi connectivity index (χ1n) is 6.03. The Balaban J connectivity index is 2.47. The van der Waals surface area contributed by atoms with E-state index in [2.05, 4.69) is 4.74 Å². The number of carbonyl (C=O) groups excluding carboxylic acids is 1. The lowest BCUT2D eigenvalue weighted by atomic mass is 10.1. The van der Waals surface area contributed by atoms with Crippen LogP contribution < -0.4 is 0 Å². The first-order chi connectivity index (χ1) is 7.97. The first-order valence-corrected chi connectivity index (χ1v) is 7.64. The Labute approximate surface area is 103 Å². The molecule has 0 N–H and O–H groups in total. The zero-order chi connectivity index (χ0) is 12.9. The van der Waals surface area contributed by atoms with Crippen LogP contribution in [0.25, 0.3) is 0 Å². The Kier molecular flexibility index (Phi) is 5.39. The number of hydrogen-bond acceptors (Lipinski definition) is 4. The van der Waals surface area contributed by atoms with Crippen LogP contribution in [0.1, 0.15) is 39.0 Å². The van der Waals surface area contributed by atoms with Crippen molar-refractivity contribution < 1.29 is 17.9 Å². The molecule has 0 spiro atoms. The molecule has 1 aliphatic heterocycles. The van der Waals surface area contributed by atoms with Gasteiger partial charge in [0.2, 0.25) is 10.0 Å². The molecule has 0 radical (unpaired) electrons. The lowest BCUT2D eigenvalue weighted by molar-refractivity contribution is -0.140. The van der Waals surface area contributed by atoms with Gasteiger partial charge in [0.05, 0.1) is 12.9 Å². The molecule has 5 nitrogen and oxygen atoms in total. The summed E-state index contributed by atoms with van der Waals surface area (Å²) in [5, 5.41) is 0. The van der Waals surface area contributed by atoms with Gasteiger partial charge in [0.15, 0.2) is 0 Å². The third-order valence-electron chi connectivity index (χ3n) is 3.11. The molecule has 6 heteroatoms. The normalized spacial score (nSPS) is 22.4. The smallest absolute Gasteiger partial charge is 0.305 e. The van der Waals surface area contributed by atoms with Crippen LogP contribution >= 0.6 is 0 Å². The minimum absolute atomic E-state index is 0.0342. The molecule has 0 aromatic rings. The highest BCUT2D eigenvalue weighted by atomic mass is 32.2. The second-order valence-corrected chi connectivity index (χ2v) is 6.49. The van der Waals surface area contributed by atoms with Crippen molar-refractivity contribution in [2.24, 2.45) is 0 Å². The maximum absolute atomic E-state index is 12.0. The SMILES string of the molecule is COC(=O)CCCS(=O)(=O)N1CCCCC1C. The quantitative estimate of drug-likeness (QED) is 0.698. The fraction of sp³-hybridized carbons (Fsp3) is 0.909. The van der Waals surface area contributed by atoms with E-state index in [1.165, 1.54) is 7.11 Å². The van der Waals surface area contributed by atoms with E-state index < -0.39 is 10.0 Å². The molecule has 0 bridgehead atoms. The van der Waals surface area contributed by atoms with Crippen LogP contribution in [0.4, 0.5) is 0 Å². The molecule has 1 rings (SSSR count). The Morgan fingerprint density at radius 2 is 2.12 bits per heavy atom. The highest BCUT2D eigenvalue weighted by Crippen LogP contribution is 2.20. The molecule has 1 atom stereocenters. The van der Waals surface area contributed by atoms with Crippen molar-refractivity contribution in [1.82, 2.24) is 4.31 Å². The largest absolute Gasteiger partial charge is 0.469 e. The highest BCUT2D eigenvalue weighted by Gasteiger charge is 2.28. The highest BCUT2D eigenvalue weighted by molar-refractivity contribution is 7.89. The molecule has 0 aromatic carbocycles. The van der Waals surface area contributed by atoms with Gasteiger partial charge in [0.1, 0.15) is 0 Å². The van der Waals surface area contributed by atoms with Gasteiger partial charge in [-0.3, -0.25) is 4.79 Å². The predicted molar refractivity (Wildman–Crippen MR) is 65.1 cm³/mol. The number of sulfonamides is 1. The summed E-state index contributed by atoms with van der Waals surface area (Å²) in [6.07, 6.45) is 3.45. The van der Waals surface area contributed by atoms with Crippen LogP contribution in [0.3, 0.4) is 0 Å². The molecule has 1 unspecified atom stereocenters. The molecule has 1 fully saturated rings. The van der Waals surface area contributed by atoms with Gasteiger partial charge in [-0.15, -0.1) is 0 Å². The van der Waals surface area contributed by atoms with Gasteiger partial charge >= 0.3 is 5.97 Å². The van der Waals surface area contributed by atoms with E-state index in [0.29, 0.717) is 13.0 Å². The number of rotatable bonds is 5. The summed E-state index contributed by atoms with van der Waals surface area (Å²) in [5.74, 6) is -0.321. The third kappa shape index (κ3) is 4.27. The second kappa shape index (κ2) is 6.35. The van der Waals surface area contributed by atoms with E-state index in [0.717, 1.165) is 19.3 Å². The summed E-state index contributed by atoms with van der Waals surface area (Å²) in [7, 11) is -1.90. The van der Waals surface area contributed by atoms with E-state index >= 15 is 0 Å². The zero-order valence-corrected chi connectivity index (χ0v) is 11.3. The van der Waals surface area contributed by atoms with Crippen molar-refractivity contribution >= 4 is 16.0 Å². The van der Waals surface area contributed by atoms with Gasteiger partial charge in [0, 0.05) is 19.0 Å². The monoisotopic (exact) mass is 263 g/mol. The van der Waals surface area contributed by atoms with Gasteiger partial charge in [-0.05, 0) is 26.2 Å². The number of nitrogens with zero attached hydrogens (tertiary/aromatic N) is 1. The topological polar surface area (TPSA) is 63.7 Å². The van der Waals surface area contributed by atoms with Crippen molar-refractivity contribution in [1.29, 1.82) is 0 Å². The summed E-state index contributed by atoms with van der Waals surface area (Å²) >= 11 is 0. The average molecular weight is 263 g/mol. The van der Waals surface area contributed by atoms with Gasteiger partial charge in [-0.2, -0.15) is 4.31 Å². The molecule has 1 heterocycles. The molecule has 0 aromatic heterocycles. The van der Waals surface area contributed by atoms with E-state index in [1.807, 2.05) is 6.92 Å². The van der Waals surface area contributed by atoms with E-state index in [4.69, 9.17) is 0 Å². The molecule has 0 aliphatic carbocycles. The van der Waals surface area contributed by atoms with Crippen molar-refractivity contribution in [3.8, 4) is 0 Å². The van der Waals surface area contributed by atoms with Crippen molar-refractivity contribution in [3.05, 3.63) is 0 Å². The van der Waals surface area contributed by atoms with Crippen LogP contribution in [0.2, 0.25) is 0 Å².